The number of ketones is 1. The molecule has 3 aromatic rings. The van der Waals surface area contributed by atoms with Crippen LogP contribution in [0.5, 0.6) is 0 Å². The molecule has 0 aliphatic heterocycles. The molecule has 20 heavy (non-hydrogen) atoms. The molecule has 0 spiro atoms. The number of rotatable bonds is 2. The van der Waals surface area contributed by atoms with Crippen molar-refractivity contribution < 1.29 is 9.21 Å². The zero-order valence-corrected chi connectivity index (χ0v) is 12.4. The van der Waals surface area contributed by atoms with E-state index in [1.54, 1.807) is 24.3 Å². The summed E-state index contributed by atoms with van der Waals surface area (Å²) in [5.74, 6) is 0.139. The average molecular weight is 330 g/mol. The molecule has 2 aromatic carbocycles. The molecular formula is C16H12BrNO2. The van der Waals surface area contributed by atoms with E-state index in [2.05, 4.69) is 15.9 Å². The Labute approximate surface area is 124 Å². The fraction of sp³-hybridized carbons (Fsp3) is 0.0625. The molecule has 0 aliphatic rings. The Morgan fingerprint density at radius 3 is 2.75 bits per heavy atom. The molecule has 0 amide bonds. The van der Waals surface area contributed by atoms with Crippen LogP contribution in [0.15, 0.2) is 51.4 Å². The van der Waals surface area contributed by atoms with Crippen molar-refractivity contribution in [3.8, 4) is 0 Å². The smallest absolute Gasteiger partial charge is 0.229 e. The third-order valence-electron chi connectivity index (χ3n) is 3.20. The lowest BCUT2D eigenvalue weighted by Crippen LogP contribution is -2.01. The summed E-state index contributed by atoms with van der Waals surface area (Å²) in [6.07, 6.45) is 0. The number of nitrogen functional groups attached to an aromatic ring is 1. The number of hydrogen-bond donors (Lipinski definition) is 1. The molecule has 0 fully saturated rings. The first-order valence-corrected chi connectivity index (χ1v) is 6.94. The van der Waals surface area contributed by atoms with E-state index < -0.39 is 0 Å². The van der Waals surface area contributed by atoms with Gasteiger partial charge in [0, 0.05) is 21.1 Å². The molecular weight excluding hydrogens is 318 g/mol. The highest BCUT2D eigenvalue weighted by Gasteiger charge is 2.18. The van der Waals surface area contributed by atoms with Gasteiger partial charge in [-0.3, -0.25) is 4.79 Å². The largest absolute Gasteiger partial charge is 0.452 e. The zero-order valence-electron chi connectivity index (χ0n) is 10.8. The van der Waals surface area contributed by atoms with Gasteiger partial charge in [0.2, 0.25) is 5.78 Å². The number of nitrogens with two attached hydrogens (primary N) is 1. The highest BCUT2D eigenvalue weighted by molar-refractivity contribution is 9.10. The minimum absolute atomic E-state index is 0.181. The van der Waals surface area contributed by atoms with Gasteiger partial charge in [0.1, 0.15) is 5.58 Å². The number of hydrogen-bond acceptors (Lipinski definition) is 3. The molecule has 3 rings (SSSR count). The SMILES string of the molecule is Cc1cccc2cc(C(=O)c3cc(N)ccc3Br)oc12. The highest BCUT2D eigenvalue weighted by atomic mass is 79.9. The second kappa shape index (κ2) is 4.80. The summed E-state index contributed by atoms with van der Waals surface area (Å²) >= 11 is 3.37. The van der Waals surface area contributed by atoms with Crippen LogP contribution in [0.4, 0.5) is 5.69 Å². The van der Waals surface area contributed by atoms with Gasteiger partial charge in [-0.25, -0.2) is 0 Å². The predicted molar refractivity (Wildman–Crippen MR) is 82.9 cm³/mol. The van der Waals surface area contributed by atoms with Crippen LogP contribution in [0.1, 0.15) is 21.7 Å². The van der Waals surface area contributed by atoms with Gasteiger partial charge in [0.15, 0.2) is 5.76 Å². The fourth-order valence-corrected chi connectivity index (χ4v) is 2.60. The van der Waals surface area contributed by atoms with Crippen LogP contribution in [0.3, 0.4) is 0 Å². The lowest BCUT2D eigenvalue weighted by atomic mass is 10.1. The first kappa shape index (κ1) is 12.9. The summed E-state index contributed by atoms with van der Waals surface area (Å²) in [4.78, 5) is 12.5. The summed E-state index contributed by atoms with van der Waals surface area (Å²) in [6, 6.07) is 12.7. The lowest BCUT2D eigenvalue weighted by molar-refractivity contribution is 0.101. The molecule has 1 heterocycles. The van der Waals surface area contributed by atoms with Gasteiger partial charge < -0.3 is 10.2 Å². The Morgan fingerprint density at radius 1 is 1.20 bits per heavy atom. The highest BCUT2D eigenvalue weighted by Crippen LogP contribution is 2.27. The topological polar surface area (TPSA) is 56.2 Å². The third kappa shape index (κ3) is 2.12. The normalized spacial score (nSPS) is 10.9. The summed E-state index contributed by atoms with van der Waals surface area (Å²) in [5, 5.41) is 0.924. The minimum atomic E-state index is -0.181. The molecule has 0 saturated heterocycles. The standard InChI is InChI=1S/C16H12BrNO2/c1-9-3-2-4-10-7-14(20-16(9)10)15(19)12-8-11(18)5-6-13(12)17/h2-8H,18H2,1H3. The second-order valence-corrected chi connectivity index (χ2v) is 5.53. The van der Waals surface area contributed by atoms with Crippen LogP contribution >= 0.6 is 15.9 Å². The maximum Gasteiger partial charge on any atom is 0.229 e. The summed E-state index contributed by atoms with van der Waals surface area (Å²) in [7, 11) is 0. The summed E-state index contributed by atoms with van der Waals surface area (Å²) in [5.41, 5.74) is 8.54. The molecule has 1 aromatic heterocycles. The van der Waals surface area contributed by atoms with E-state index in [4.69, 9.17) is 10.2 Å². The maximum absolute atomic E-state index is 12.5. The molecule has 0 atom stereocenters. The molecule has 0 saturated carbocycles. The fourth-order valence-electron chi connectivity index (χ4n) is 2.17. The number of benzene rings is 2. The second-order valence-electron chi connectivity index (χ2n) is 4.67. The van der Waals surface area contributed by atoms with Gasteiger partial charge in [-0.1, -0.05) is 34.1 Å². The Kier molecular flexibility index (Phi) is 3.10. The van der Waals surface area contributed by atoms with Gasteiger partial charge in [0.05, 0.1) is 0 Å². The van der Waals surface area contributed by atoms with E-state index in [1.165, 1.54) is 0 Å². The van der Waals surface area contributed by atoms with Crippen LogP contribution in [0.25, 0.3) is 11.0 Å². The van der Waals surface area contributed by atoms with Crippen LogP contribution in [0.2, 0.25) is 0 Å². The Hall–Kier alpha value is -2.07. The van der Waals surface area contributed by atoms with E-state index in [0.717, 1.165) is 16.5 Å². The number of anilines is 1. The van der Waals surface area contributed by atoms with Crippen molar-refractivity contribution in [2.45, 2.75) is 6.92 Å². The number of aryl methyl sites for hydroxylation is 1. The Balaban J connectivity index is 2.13. The van der Waals surface area contributed by atoms with E-state index >= 15 is 0 Å². The minimum Gasteiger partial charge on any atom is -0.452 e. The molecule has 0 unspecified atom stereocenters. The van der Waals surface area contributed by atoms with Crippen LogP contribution in [-0.2, 0) is 0 Å². The monoisotopic (exact) mass is 329 g/mol. The molecule has 0 aliphatic carbocycles. The number of para-hydroxylation sites is 1. The van der Waals surface area contributed by atoms with Gasteiger partial charge >= 0.3 is 0 Å². The Bertz CT molecular complexity index is 820. The maximum atomic E-state index is 12.5. The molecule has 4 heteroatoms. The lowest BCUT2D eigenvalue weighted by Gasteiger charge is -2.02. The van der Waals surface area contributed by atoms with Crippen molar-refractivity contribution in [2.24, 2.45) is 0 Å². The molecule has 100 valence electrons. The van der Waals surface area contributed by atoms with Gasteiger partial charge in [-0.15, -0.1) is 0 Å². The van der Waals surface area contributed by atoms with Crippen LogP contribution in [0, 0.1) is 6.92 Å². The molecule has 0 bridgehead atoms. The molecule has 2 N–H and O–H groups in total. The quantitative estimate of drug-likeness (QED) is 0.562. The third-order valence-corrected chi connectivity index (χ3v) is 3.89. The number of carbonyl (C=O) groups excluding carboxylic acids is 1. The first-order chi connectivity index (χ1) is 9.56. The van der Waals surface area contributed by atoms with Gasteiger partial charge in [-0.2, -0.15) is 0 Å². The van der Waals surface area contributed by atoms with Crippen molar-refractivity contribution in [3.05, 3.63) is 63.8 Å². The van der Waals surface area contributed by atoms with Crippen molar-refractivity contribution in [2.75, 3.05) is 5.73 Å². The van der Waals surface area contributed by atoms with Crippen molar-refractivity contribution in [1.82, 2.24) is 0 Å². The van der Waals surface area contributed by atoms with Crippen molar-refractivity contribution >= 4 is 38.4 Å². The van der Waals surface area contributed by atoms with E-state index in [9.17, 15) is 4.79 Å². The number of halogens is 1. The molecule has 3 nitrogen and oxygen atoms in total. The predicted octanol–water partition coefficient (Wildman–Crippen LogP) is 4.32. The number of fused-ring (bicyclic) bond motifs is 1. The number of furan rings is 1. The van der Waals surface area contributed by atoms with Gasteiger partial charge in [0.25, 0.3) is 0 Å². The van der Waals surface area contributed by atoms with Crippen molar-refractivity contribution in [1.29, 1.82) is 0 Å². The number of carbonyl (C=O) groups is 1. The van der Waals surface area contributed by atoms with Gasteiger partial charge in [-0.05, 0) is 36.8 Å². The van der Waals surface area contributed by atoms with Crippen molar-refractivity contribution in [3.63, 3.8) is 0 Å². The summed E-state index contributed by atoms with van der Waals surface area (Å²) < 4.78 is 6.40. The van der Waals surface area contributed by atoms with E-state index in [-0.39, 0.29) is 5.78 Å². The zero-order chi connectivity index (χ0) is 14.3. The van der Waals surface area contributed by atoms with E-state index in [1.807, 2.05) is 25.1 Å². The Morgan fingerprint density at radius 2 is 2.00 bits per heavy atom. The van der Waals surface area contributed by atoms with E-state index in [0.29, 0.717) is 21.5 Å². The van der Waals surface area contributed by atoms with Crippen LogP contribution in [-0.4, -0.2) is 5.78 Å². The summed E-state index contributed by atoms with van der Waals surface area (Å²) in [6.45, 7) is 1.95. The average Bonchev–Trinajstić information content (AvgIpc) is 2.86. The first-order valence-electron chi connectivity index (χ1n) is 6.15. The molecule has 0 radical (unpaired) electrons. The van der Waals surface area contributed by atoms with Crippen LogP contribution < -0.4 is 5.73 Å².